The molecule has 1 unspecified atom stereocenters. The quantitative estimate of drug-likeness (QED) is 0.492. The molecule has 68 valence electrons. The van der Waals surface area contributed by atoms with Crippen molar-refractivity contribution in [1.29, 1.82) is 0 Å². The van der Waals surface area contributed by atoms with Gasteiger partial charge in [0.2, 0.25) is 0 Å². The largest absolute Gasteiger partial charge is 0.264 e. The van der Waals surface area contributed by atoms with Gasteiger partial charge in [-0.1, -0.05) is 32.7 Å². The average molecular weight is 175 g/mol. The first kappa shape index (κ1) is 11.3. The van der Waals surface area contributed by atoms with Crippen molar-refractivity contribution in [2.45, 2.75) is 33.6 Å². The second kappa shape index (κ2) is 6.99. The minimum Gasteiger partial charge on any atom is -0.264 e. The van der Waals surface area contributed by atoms with Crippen LogP contribution in [0.4, 0.5) is 0 Å². The van der Waals surface area contributed by atoms with Crippen LogP contribution in [0.1, 0.15) is 33.6 Å². The summed E-state index contributed by atoms with van der Waals surface area (Å²) in [5, 5.41) is 0. The zero-order valence-electron chi connectivity index (χ0n) is 8.18. The first-order valence-corrected chi connectivity index (χ1v) is 5.65. The highest BCUT2D eigenvalue weighted by atomic mass is 32.2. The molecule has 0 radical (unpaired) electrons. The summed E-state index contributed by atoms with van der Waals surface area (Å²) in [6, 6.07) is 0. The molecule has 1 atom stereocenters. The molecule has 0 aliphatic carbocycles. The monoisotopic (exact) mass is 175 g/mol. The molecule has 0 heterocycles. The molecular formula is C9H21NS. The predicted octanol–water partition coefficient (Wildman–Crippen LogP) is 2.93. The van der Waals surface area contributed by atoms with Crippen molar-refractivity contribution in [3.63, 3.8) is 0 Å². The van der Waals surface area contributed by atoms with Gasteiger partial charge in [-0.3, -0.25) is 4.72 Å². The fourth-order valence-corrected chi connectivity index (χ4v) is 1.65. The fraction of sp³-hybridized carbons (Fsp3) is 1.00. The van der Waals surface area contributed by atoms with Gasteiger partial charge in [0.15, 0.2) is 0 Å². The van der Waals surface area contributed by atoms with E-state index in [0.717, 1.165) is 18.4 Å². The van der Waals surface area contributed by atoms with E-state index in [4.69, 9.17) is 0 Å². The van der Waals surface area contributed by atoms with E-state index >= 15 is 0 Å². The number of hydrogen-bond acceptors (Lipinski definition) is 2. The fourth-order valence-electron chi connectivity index (χ4n) is 1.33. The Balaban J connectivity index is 3.15. The first-order chi connectivity index (χ1) is 5.16. The van der Waals surface area contributed by atoms with Gasteiger partial charge in [0, 0.05) is 6.54 Å². The third-order valence-electron chi connectivity index (χ3n) is 1.76. The highest BCUT2D eigenvalue weighted by Crippen LogP contribution is 2.13. The van der Waals surface area contributed by atoms with Crippen LogP contribution >= 0.6 is 11.9 Å². The Morgan fingerprint density at radius 3 is 2.36 bits per heavy atom. The maximum atomic E-state index is 3.27. The van der Waals surface area contributed by atoms with Crippen LogP contribution in [0.15, 0.2) is 0 Å². The van der Waals surface area contributed by atoms with Gasteiger partial charge in [0.1, 0.15) is 0 Å². The molecule has 0 aromatic heterocycles. The van der Waals surface area contributed by atoms with Crippen molar-refractivity contribution in [2.75, 3.05) is 12.8 Å². The third-order valence-corrected chi connectivity index (χ3v) is 2.25. The van der Waals surface area contributed by atoms with Crippen LogP contribution in [0.5, 0.6) is 0 Å². The van der Waals surface area contributed by atoms with E-state index in [1.165, 1.54) is 12.8 Å². The van der Waals surface area contributed by atoms with Gasteiger partial charge in [0.05, 0.1) is 0 Å². The van der Waals surface area contributed by atoms with Crippen LogP contribution in [0.3, 0.4) is 0 Å². The van der Waals surface area contributed by atoms with Crippen molar-refractivity contribution in [1.82, 2.24) is 4.72 Å². The SMILES string of the molecule is CSNCCC(C)CC(C)C. The maximum absolute atomic E-state index is 3.27. The molecule has 0 aliphatic heterocycles. The van der Waals surface area contributed by atoms with Crippen molar-refractivity contribution in [2.24, 2.45) is 11.8 Å². The molecule has 0 aromatic rings. The van der Waals surface area contributed by atoms with Crippen molar-refractivity contribution >= 4 is 11.9 Å². The highest BCUT2D eigenvalue weighted by molar-refractivity contribution is 7.96. The van der Waals surface area contributed by atoms with Crippen molar-refractivity contribution in [3.8, 4) is 0 Å². The van der Waals surface area contributed by atoms with Gasteiger partial charge in [-0.05, 0) is 30.9 Å². The van der Waals surface area contributed by atoms with Crippen LogP contribution in [0.2, 0.25) is 0 Å². The lowest BCUT2D eigenvalue weighted by atomic mass is 9.96. The average Bonchev–Trinajstić information content (AvgIpc) is 1.86. The van der Waals surface area contributed by atoms with Crippen LogP contribution in [-0.4, -0.2) is 12.8 Å². The van der Waals surface area contributed by atoms with Crippen LogP contribution < -0.4 is 4.72 Å². The van der Waals surface area contributed by atoms with E-state index < -0.39 is 0 Å². The van der Waals surface area contributed by atoms with E-state index in [2.05, 4.69) is 31.7 Å². The summed E-state index contributed by atoms with van der Waals surface area (Å²) in [6.07, 6.45) is 4.74. The molecule has 1 nitrogen and oxygen atoms in total. The van der Waals surface area contributed by atoms with Gasteiger partial charge >= 0.3 is 0 Å². The Bertz CT molecular complexity index is 83.6. The topological polar surface area (TPSA) is 12.0 Å². The normalized spacial score (nSPS) is 13.9. The van der Waals surface area contributed by atoms with Crippen LogP contribution in [0.25, 0.3) is 0 Å². The molecule has 0 fully saturated rings. The summed E-state index contributed by atoms with van der Waals surface area (Å²) < 4.78 is 3.27. The Labute approximate surface area is 75.5 Å². The second-order valence-corrected chi connectivity index (χ2v) is 4.32. The lowest BCUT2D eigenvalue weighted by molar-refractivity contribution is 0.417. The molecule has 11 heavy (non-hydrogen) atoms. The van der Waals surface area contributed by atoms with E-state index in [1.807, 2.05) is 0 Å². The van der Waals surface area contributed by atoms with Gasteiger partial charge in [-0.25, -0.2) is 0 Å². The molecule has 0 aromatic carbocycles. The second-order valence-electron chi connectivity index (χ2n) is 3.62. The third kappa shape index (κ3) is 8.21. The summed E-state index contributed by atoms with van der Waals surface area (Å²) >= 11 is 1.71. The molecule has 0 saturated carbocycles. The van der Waals surface area contributed by atoms with Gasteiger partial charge in [0.25, 0.3) is 0 Å². The number of rotatable bonds is 6. The molecule has 0 aliphatic rings. The van der Waals surface area contributed by atoms with Gasteiger partial charge in [-0.2, -0.15) is 0 Å². The van der Waals surface area contributed by atoms with Crippen molar-refractivity contribution in [3.05, 3.63) is 0 Å². The molecule has 0 spiro atoms. The van der Waals surface area contributed by atoms with E-state index in [9.17, 15) is 0 Å². The Morgan fingerprint density at radius 1 is 1.27 bits per heavy atom. The predicted molar refractivity (Wildman–Crippen MR) is 54.8 cm³/mol. The molecule has 0 bridgehead atoms. The Kier molecular flexibility index (Phi) is 7.18. The maximum Gasteiger partial charge on any atom is 0.00609 e. The summed E-state index contributed by atoms with van der Waals surface area (Å²) in [7, 11) is 0. The molecule has 0 amide bonds. The lowest BCUT2D eigenvalue weighted by Crippen LogP contribution is -2.10. The van der Waals surface area contributed by atoms with Crippen molar-refractivity contribution < 1.29 is 0 Å². The van der Waals surface area contributed by atoms with Gasteiger partial charge in [-0.15, -0.1) is 0 Å². The van der Waals surface area contributed by atoms with E-state index in [0.29, 0.717) is 0 Å². The minimum atomic E-state index is 0.847. The summed E-state index contributed by atoms with van der Waals surface area (Å²) in [4.78, 5) is 0. The Hall–Kier alpha value is 0.310. The van der Waals surface area contributed by atoms with E-state index in [-0.39, 0.29) is 0 Å². The molecule has 0 rings (SSSR count). The minimum absolute atomic E-state index is 0.847. The number of nitrogens with one attached hydrogen (secondary N) is 1. The standard InChI is InChI=1S/C9H21NS/c1-8(2)7-9(3)5-6-10-11-4/h8-10H,5-7H2,1-4H3. The molecule has 1 N–H and O–H groups in total. The van der Waals surface area contributed by atoms with Crippen LogP contribution in [-0.2, 0) is 0 Å². The molecule has 2 heteroatoms. The Morgan fingerprint density at radius 2 is 1.91 bits per heavy atom. The number of hydrogen-bond donors (Lipinski definition) is 1. The lowest BCUT2D eigenvalue weighted by Gasteiger charge is -2.13. The molecular weight excluding hydrogens is 154 g/mol. The summed E-state index contributed by atoms with van der Waals surface area (Å²) in [5.41, 5.74) is 0. The smallest absolute Gasteiger partial charge is 0.00609 e. The summed E-state index contributed by atoms with van der Waals surface area (Å²) in [6.45, 7) is 8.06. The van der Waals surface area contributed by atoms with Gasteiger partial charge < -0.3 is 0 Å². The summed E-state index contributed by atoms with van der Waals surface area (Å²) in [5.74, 6) is 1.72. The zero-order chi connectivity index (χ0) is 8.69. The molecule has 0 saturated heterocycles. The zero-order valence-corrected chi connectivity index (χ0v) is 9.00. The highest BCUT2D eigenvalue weighted by Gasteiger charge is 2.03. The first-order valence-electron chi connectivity index (χ1n) is 4.42. The van der Waals surface area contributed by atoms with E-state index in [1.54, 1.807) is 11.9 Å². The van der Waals surface area contributed by atoms with Crippen LogP contribution in [0, 0.1) is 11.8 Å².